The number of aromatic nitrogens is 2. The average Bonchev–Trinajstić information content (AvgIpc) is 3.29. The summed E-state index contributed by atoms with van der Waals surface area (Å²) in [6.07, 6.45) is -1.46. The minimum atomic E-state index is -3.66. The first-order valence-corrected chi connectivity index (χ1v) is 11.2. The molecule has 0 bridgehead atoms. The molecule has 1 N–H and O–H groups in total. The van der Waals surface area contributed by atoms with E-state index in [1.165, 1.54) is 10.4 Å². The van der Waals surface area contributed by atoms with E-state index in [1.807, 2.05) is 0 Å². The van der Waals surface area contributed by atoms with Crippen LogP contribution in [0.2, 0.25) is 0 Å². The largest absolute Gasteiger partial charge is 0.377 e. The van der Waals surface area contributed by atoms with Crippen LogP contribution < -0.4 is 4.90 Å². The third-order valence-electron chi connectivity index (χ3n) is 4.70. The molecule has 12 heteroatoms. The van der Waals surface area contributed by atoms with E-state index in [9.17, 15) is 26.7 Å². The zero-order valence-corrected chi connectivity index (χ0v) is 17.5. The van der Waals surface area contributed by atoms with Crippen molar-refractivity contribution in [2.75, 3.05) is 31.2 Å². The number of halogens is 3. The number of thiophene rings is 1. The van der Waals surface area contributed by atoms with Crippen LogP contribution in [0, 0.1) is 11.8 Å². The summed E-state index contributed by atoms with van der Waals surface area (Å²) in [7, 11) is -3.66. The molecule has 1 aliphatic heterocycles. The maximum atomic E-state index is 13.0. The normalized spacial score (nSPS) is 19.9. The van der Waals surface area contributed by atoms with E-state index in [0.29, 0.717) is 0 Å². The summed E-state index contributed by atoms with van der Waals surface area (Å²) >= 11 is 1.12. The van der Waals surface area contributed by atoms with Crippen LogP contribution in [0.5, 0.6) is 0 Å². The molecule has 162 valence electrons. The Kier molecular flexibility index (Phi) is 6.66. The number of hydrogen-bond donors (Lipinski definition) is 1. The van der Waals surface area contributed by atoms with Gasteiger partial charge in [0.05, 0.1) is 0 Å². The topological polar surface area (TPSA) is 86.6 Å². The Morgan fingerprint density at radius 3 is 2.60 bits per heavy atom. The lowest BCUT2D eigenvalue weighted by Crippen LogP contribution is -2.54. The minimum absolute atomic E-state index is 0.0671. The second-order valence-corrected chi connectivity index (χ2v) is 9.64. The number of nitrogens with zero attached hydrogens (tertiary/aromatic N) is 4. The number of sulfonamides is 1. The molecule has 30 heavy (non-hydrogen) atoms. The molecule has 0 amide bonds. The summed E-state index contributed by atoms with van der Waals surface area (Å²) in [5, 5.41) is 11.5. The van der Waals surface area contributed by atoms with Crippen LogP contribution >= 0.6 is 11.3 Å². The summed E-state index contributed by atoms with van der Waals surface area (Å²) in [6.45, 7) is 0.358. The van der Waals surface area contributed by atoms with E-state index >= 15 is 0 Å². The average molecular weight is 461 g/mol. The maximum absolute atomic E-state index is 13.0. The molecule has 1 unspecified atom stereocenters. The Morgan fingerprint density at radius 2 is 2.07 bits per heavy atom. The number of piperazine rings is 1. The maximum Gasteiger partial charge on any atom is 0.273 e. The first-order valence-electron chi connectivity index (χ1n) is 8.85. The molecule has 7 nitrogen and oxygen atoms in total. The third kappa shape index (κ3) is 4.15. The molecule has 0 spiro atoms. The Morgan fingerprint density at radius 1 is 1.37 bits per heavy atom. The highest BCUT2D eigenvalue weighted by Gasteiger charge is 2.41. The zero-order chi connectivity index (χ0) is 21.9. The van der Waals surface area contributed by atoms with Gasteiger partial charge in [0, 0.05) is 37.6 Å². The number of aliphatic hydroxyl groups is 1. The van der Waals surface area contributed by atoms with Crippen LogP contribution in [-0.4, -0.2) is 66.6 Å². The van der Waals surface area contributed by atoms with Crippen molar-refractivity contribution in [1.29, 1.82) is 0 Å². The summed E-state index contributed by atoms with van der Waals surface area (Å²) in [6, 6.07) is 2.62. The Balaban J connectivity index is 1.84. The van der Waals surface area contributed by atoms with Gasteiger partial charge in [-0.25, -0.2) is 31.6 Å². The van der Waals surface area contributed by atoms with Crippen molar-refractivity contribution in [2.24, 2.45) is 0 Å². The Bertz CT molecular complexity index is 1020. The fraction of sp³-hybridized carbons (Fsp3) is 0.444. The molecule has 0 radical (unpaired) electrons. The quantitative estimate of drug-likeness (QED) is 0.663. The van der Waals surface area contributed by atoms with Crippen LogP contribution in [0.3, 0.4) is 0 Å². The number of anilines is 1. The fourth-order valence-corrected chi connectivity index (χ4v) is 5.58. The molecule has 0 aromatic carbocycles. The predicted octanol–water partition coefficient (Wildman–Crippen LogP) is 1.86. The second kappa shape index (κ2) is 8.89. The van der Waals surface area contributed by atoms with Crippen LogP contribution in [0.25, 0.3) is 0 Å². The summed E-state index contributed by atoms with van der Waals surface area (Å²) in [5.74, 6) is 5.79. The van der Waals surface area contributed by atoms with E-state index in [1.54, 1.807) is 23.3 Å². The lowest BCUT2D eigenvalue weighted by Gasteiger charge is -2.38. The Hall–Kier alpha value is -2.20. The molecule has 1 fully saturated rings. The second-order valence-electron chi connectivity index (χ2n) is 6.53. The van der Waals surface area contributed by atoms with Gasteiger partial charge in [0.15, 0.2) is 5.60 Å². The van der Waals surface area contributed by atoms with Crippen molar-refractivity contribution in [3.63, 3.8) is 0 Å². The first-order chi connectivity index (χ1) is 14.2. The van der Waals surface area contributed by atoms with E-state index in [0.717, 1.165) is 23.7 Å². The van der Waals surface area contributed by atoms with Gasteiger partial charge in [0.2, 0.25) is 5.95 Å². The highest BCUT2D eigenvalue weighted by molar-refractivity contribution is 7.91. The number of rotatable bonds is 6. The molecule has 0 saturated carbocycles. The van der Waals surface area contributed by atoms with Crippen LogP contribution in [0.1, 0.15) is 12.5 Å². The van der Waals surface area contributed by atoms with Gasteiger partial charge in [0.25, 0.3) is 16.4 Å². The molecule has 1 aliphatic rings. The molecule has 2 atom stereocenters. The molecule has 0 aliphatic carbocycles. The molecule has 2 aromatic rings. The van der Waals surface area contributed by atoms with E-state index in [4.69, 9.17) is 0 Å². The van der Waals surface area contributed by atoms with E-state index < -0.39 is 40.3 Å². The number of hydrogen-bond acceptors (Lipinski definition) is 7. The monoisotopic (exact) mass is 460 g/mol. The molecule has 3 rings (SSSR count). The fourth-order valence-electron chi connectivity index (χ4n) is 3.00. The van der Waals surface area contributed by atoms with Gasteiger partial charge in [-0.15, -0.1) is 17.3 Å². The van der Waals surface area contributed by atoms with Crippen LogP contribution in [-0.2, 0) is 15.6 Å². The van der Waals surface area contributed by atoms with Gasteiger partial charge >= 0.3 is 0 Å². The molecule has 2 aromatic heterocycles. The highest BCUT2D eigenvalue weighted by Crippen LogP contribution is 2.29. The van der Waals surface area contributed by atoms with Crippen molar-refractivity contribution in [3.8, 4) is 11.8 Å². The molecular formula is C18H19F3N4O3S2. The summed E-state index contributed by atoms with van der Waals surface area (Å²) in [5.41, 5.74) is -3.42. The standard InChI is InChI=1S/C18H19F3N4O3S2/c1-2-4-14-11-24(30(27,28)15-5-3-8-29-15)6-7-25(14)17-22-9-13(10-23-17)18(26,12-19)16(20)21/h3,5,8-10,14,16,26H,6-7,11-12H2,1H3/t14-,18?/m1/s1. The highest BCUT2D eigenvalue weighted by atomic mass is 32.2. The van der Waals surface area contributed by atoms with Gasteiger partial charge in [-0.1, -0.05) is 12.0 Å². The van der Waals surface area contributed by atoms with Crippen LogP contribution in [0.4, 0.5) is 19.1 Å². The summed E-state index contributed by atoms with van der Waals surface area (Å²) in [4.78, 5) is 9.63. The lowest BCUT2D eigenvalue weighted by molar-refractivity contribution is -0.114. The SMILES string of the molecule is CC#C[C@@H]1CN(S(=O)(=O)c2cccs2)CCN1c1ncc(C(O)(CF)C(F)F)cn1. The predicted molar refractivity (Wildman–Crippen MR) is 106 cm³/mol. The van der Waals surface area contributed by atoms with E-state index in [2.05, 4.69) is 21.8 Å². The van der Waals surface area contributed by atoms with Gasteiger partial charge in [-0.2, -0.15) is 4.31 Å². The van der Waals surface area contributed by atoms with Crippen molar-refractivity contribution in [1.82, 2.24) is 14.3 Å². The molecular weight excluding hydrogens is 441 g/mol. The Labute approximate surface area is 176 Å². The van der Waals surface area contributed by atoms with Crippen LogP contribution in [0.15, 0.2) is 34.1 Å². The number of alkyl halides is 3. The van der Waals surface area contributed by atoms with Crippen molar-refractivity contribution in [3.05, 3.63) is 35.5 Å². The zero-order valence-electron chi connectivity index (χ0n) is 15.9. The van der Waals surface area contributed by atoms with Gasteiger partial charge < -0.3 is 10.0 Å². The molecule has 1 saturated heterocycles. The minimum Gasteiger partial charge on any atom is -0.377 e. The van der Waals surface area contributed by atoms with Crippen molar-refractivity contribution >= 4 is 27.3 Å². The van der Waals surface area contributed by atoms with Crippen molar-refractivity contribution in [2.45, 2.75) is 29.2 Å². The van der Waals surface area contributed by atoms with Crippen molar-refractivity contribution < 1.29 is 26.7 Å². The third-order valence-corrected chi connectivity index (χ3v) is 7.94. The van der Waals surface area contributed by atoms with E-state index in [-0.39, 0.29) is 29.8 Å². The molecule has 3 heterocycles. The first kappa shape index (κ1) is 22.5. The van der Waals surface area contributed by atoms with Gasteiger partial charge in [-0.3, -0.25) is 0 Å². The van der Waals surface area contributed by atoms with Gasteiger partial charge in [0.1, 0.15) is 16.9 Å². The smallest absolute Gasteiger partial charge is 0.273 e. The lowest BCUT2D eigenvalue weighted by atomic mass is 9.99. The van der Waals surface area contributed by atoms with Gasteiger partial charge in [-0.05, 0) is 18.4 Å². The summed E-state index contributed by atoms with van der Waals surface area (Å²) < 4.78 is 66.2.